The number of benzene rings is 5. The molecule has 5 aromatic rings. The van der Waals surface area contributed by atoms with Crippen LogP contribution in [0, 0.1) is 29.3 Å². The fourth-order valence-corrected chi connectivity index (χ4v) is 9.32. The van der Waals surface area contributed by atoms with Crippen molar-refractivity contribution in [2.45, 2.75) is 117 Å². The highest BCUT2D eigenvalue weighted by Gasteiger charge is 2.29. The number of ether oxygens (including phenoxy) is 3. The Morgan fingerprint density at radius 3 is 1.27 bits per heavy atom. The second kappa shape index (κ2) is 34.9. The Balaban J connectivity index is 0.000000208. The molecule has 3 aliphatic heterocycles. The van der Waals surface area contributed by atoms with Gasteiger partial charge in [-0.15, -0.1) is 0 Å². The number of nitrogens with two attached hydrogens (primary N) is 1. The summed E-state index contributed by atoms with van der Waals surface area (Å²) in [5, 5.41) is 6.60. The summed E-state index contributed by atoms with van der Waals surface area (Å²) < 4.78 is 55.1. The van der Waals surface area contributed by atoms with Crippen LogP contribution in [0.1, 0.15) is 94.0 Å². The lowest BCUT2D eigenvalue weighted by Crippen LogP contribution is -2.49. The SMILES string of the molecule is CC(C)COc1ccc(CN)cc1.CC(C)COc1ccc(CNC(=O)N(Cc2ccc(F)cc2)C2CCN(C)CC2)cc1.CN1CCC(NCc2ccc(F)cc2)CC1.COC(=O)N(Cc1ccc(F)cc1)C1CCN(C)CC1. The summed E-state index contributed by atoms with van der Waals surface area (Å²) in [6.07, 6.45) is 5.85. The van der Waals surface area contributed by atoms with Gasteiger partial charge in [-0.05, 0) is 199 Å². The van der Waals surface area contributed by atoms with Gasteiger partial charge < -0.3 is 55.1 Å². The first-order chi connectivity index (χ1) is 38.5. The molecule has 0 atom stereocenters. The Hall–Kier alpha value is -6.17. The molecule has 3 amide bonds. The highest BCUT2D eigenvalue weighted by atomic mass is 19.1. The molecule has 5 aromatic carbocycles. The molecule has 4 N–H and O–H groups in total. The van der Waals surface area contributed by atoms with Crippen LogP contribution in [0.4, 0.5) is 22.8 Å². The first-order valence-corrected chi connectivity index (χ1v) is 28.5. The fourth-order valence-electron chi connectivity index (χ4n) is 9.32. The third kappa shape index (κ3) is 24.3. The molecule has 0 spiro atoms. The maximum Gasteiger partial charge on any atom is 0.410 e. The number of nitrogens with zero attached hydrogens (tertiary/aromatic N) is 5. The van der Waals surface area contributed by atoms with Crippen LogP contribution in [0.25, 0.3) is 0 Å². The summed E-state index contributed by atoms with van der Waals surface area (Å²) in [4.78, 5) is 35.6. The fraction of sp³-hybridized carbons (Fsp3) is 0.500. The van der Waals surface area contributed by atoms with Crippen molar-refractivity contribution in [1.29, 1.82) is 0 Å². The van der Waals surface area contributed by atoms with E-state index < -0.39 is 0 Å². The van der Waals surface area contributed by atoms with Crippen LogP contribution in [-0.2, 0) is 37.5 Å². The number of carbonyl (C=O) groups excluding carboxylic acids is 2. The smallest absolute Gasteiger partial charge is 0.410 e. The van der Waals surface area contributed by atoms with Crippen LogP contribution >= 0.6 is 0 Å². The summed E-state index contributed by atoms with van der Waals surface area (Å²) >= 11 is 0. The number of hydrogen-bond donors (Lipinski definition) is 3. The van der Waals surface area contributed by atoms with Crippen molar-refractivity contribution in [3.63, 3.8) is 0 Å². The molecule has 80 heavy (non-hydrogen) atoms. The summed E-state index contributed by atoms with van der Waals surface area (Å²) in [7, 11) is 7.75. The van der Waals surface area contributed by atoms with Crippen molar-refractivity contribution in [1.82, 2.24) is 35.1 Å². The zero-order valence-electron chi connectivity index (χ0n) is 48.9. The number of carbonyl (C=O) groups is 2. The highest BCUT2D eigenvalue weighted by molar-refractivity contribution is 5.74. The van der Waals surface area contributed by atoms with Crippen molar-refractivity contribution in [2.24, 2.45) is 17.6 Å². The monoisotopic (exact) mass is 1110 g/mol. The van der Waals surface area contributed by atoms with Gasteiger partial charge in [0.25, 0.3) is 0 Å². The summed E-state index contributed by atoms with van der Waals surface area (Å²) in [5.74, 6) is 2.11. The second-order valence-electron chi connectivity index (χ2n) is 22.2. The van der Waals surface area contributed by atoms with E-state index >= 15 is 0 Å². The lowest BCUT2D eigenvalue weighted by atomic mass is 10.0. The van der Waals surface area contributed by atoms with Gasteiger partial charge in [-0.1, -0.05) is 88.4 Å². The van der Waals surface area contributed by atoms with Gasteiger partial charge in [0.15, 0.2) is 0 Å². The minimum Gasteiger partial charge on any atom is -0.493 e. The molecule has 13 nitrogen and oxygen atoms in total. The minimum atomic E-state index is -0.316. The first kappa shape index (κ1) is 64.6. The molecule has 8 rings (SSSR count). The molecule has 3 aliphatic rings. The maximum absolute atomic E-state index is 13.3. The predicted molar refractivity (Wildman–Crippen MR) is 315 cm³/mol. The largest absolute Gasteiger partial charge is 0.493 e. The summed E-state index contributed by atoms with van der Waals surface area (Å²) in [6, 6.07) is 36.0. The van der Waals surface area contributed by atoms with Crippen LogP contribution < -0.4 is 25.8 Å². The van der Waals surface area contributed by atoms with E-state index in [-0.39, 0.29) is 41.7 Å². The van der Waals surface area contributed by atoms with Gasteiger partial charge in [0.1, 0.15) is 29.0 Å². The zero-order valence-corrected chi connectivity index (χ0v) is 48.9. The molecule has 0 saturated carbocycles. The van der Waals surface area contributed by atoms with Crippen molar-refractivity contribution in [3.8, 4) is 11.5 Å². The number of halogens is 3. The van der Waals surface area contributed by atoms with Gasteiger partial charge in [-0.25, -0.2) is 22.8 Å². The van der Waals surface area contributed by atoms with Crippen LogP contribution in [0.2, 0.25) is 0 Å². The number of methoxy groups -OCH3 is 1. The van der Waals surface area contributed by atoms with E-state index in [0.29, 0.717) is 50.7 Å². The molecule has 0 bridgehead atoms. The van der Waals surface area contributed by atoms with E-state index in [2.05, 4.69) is 74.2 Å². The van der Waals surface area contributed by atoms with Crippen LogP contribution in [0.15, 0.2) is 121 Å². The molecule has 438 valence electrons. The summed E-state index contributed by atoms with van der Waals surface area (Å²) in [6.45, 7) is 19.0. The molecular formula is C64H91F3N8O5. The molecule has 0 unspecified atom stereocenters. The summed E-state index contributed by atoms with van der Waals surface area (Å²) in [5.41, 5.74) is 10.6. The second-order valence-corrected chi connectivity index (χ2v) is 22.2. The zero-order chi connectivity index (χ0) is 57.8. The quantitative estimate of drug-likeness (QED) is 0.0780. The average Bonchev–Trinajstić information content (AvgIpc) is 3.48. The number of urea groups is 1. The molecule has 16 heteroatoms. The van der Waals surface area contributed by atoms with Gasteiger partial charge in [-0.3, -0.25) is 0 Å². The maximum atomic E-state index is 13.3. The molecule has 3 saturated heterocycles. The predicted octanol–water partition coefficient (Wildman–Crippen LogP) is 11.3. The molecule has 0 radical (unpaired) electrons. The van der Waals surface area contributed by atoms with Gasteiger partial charge >= 0.3 is 12.1 Å². The third-order valence-electron chi connectivity index (χ3n) is 14.4. The van der Waals surface area contributed by atoms with E-state index in [0.717, 1.165) is 104 Å². The Bertz CT molecular complexity index is 2480. The number of amides is 3. The van der Waals surface area contributed by atoms with Gasteiger partial charge in [-0.2, -0.15) is 0 Å². The third-order valence-corrected chi connectivity index (χ3v) is 14.4. The molecular weight excluding hydrogens is 1020 g/mol. The molecule has 0 aromatic heterocycles. The van der Waals surface area contributed by atoms with Crippen molar-refractivity contribution >= 4 is 12.1 Å². The van der Waals surface area contributed by atoms with Crippen LogP contribution in [-0.4, -0.2) is 135 Å². The molecule has 0 aliphatic carbocycles. The topological polar surface area (TPSA) is 128 Å². The van der Waals surface area contributed by atoms with E-state index in [9.17, 15) is 22.8 Å². The minimum absolute atomic E-state index is 0.0842. The Kier molecular flexibility index (Phi) is 28.2. The van der Waals surface area contributed by atoms with Crippen LogP contribution in [0.5, 0.6) is 11.5 Å². The van der Waals surface area contributed by atoms with E-state index in [1.165, 1.54) is 69.4 Å². The Labute approximate surface area is 475 Å². The number of hydrogen-bond acceptors (Lipinski definition) is 10. The molecule has 3 heterocycles. The van der Waals surface area contributed by atoms with E-state index in [4.69, 9.17) is 19.9 Å². The number of nitrogens with one attached hydrogen (secondary N) is 2. The lowest BCUT2D eigenvalue weighted by Gasteiger charge is -2.37. The van der Waals surface area contributed by atoms with Crippen molar-refractivity contribution in [2.75, 3.05) is 80.7 Å². The van der Waals surface area contributed by atoms with Gasteiger partial charge in [0, 0.05) is 50.8 Å². The standard InChI is InChI=1S/C25H34FN3O2.C15H21FN2O2.C13H19FN2.C11H17NO/c1-19(2)18-31-24-10-6-20(7-11-24)16-27-25(30)29(23-12-14-28(3)15-13-23)17-21-4-8-22(26)9-5-21;1-17-9-7-14(8-10-17)18(15(19)20-2)11-12-3-5-13(16)6-4-12;1-16-8-6-13(7-9-16)15-10-11-2-4-12(14)5-3-11;1-9(2)8-13-11-5-3-10(7-12)4-6-11/h4-11,19,23H,12-18H2,1-3H3,(H,27,30);3-6,14H,7-11H2,1-2H3;2-5,13,15H,6-10H2,1H3;3-6,9H,7-8,12H2,1-2H3. The molecule has 3 fully saturated rings. The highest BCUT2D eigenvalue weighted by Crippen LogP contribution is 2.22. The Morgan fingerprint density at radius 1 is 0.525 bits per heavy atom. The van der Waals surface area contributed by atoms with Crippen LogP contribution in [0.3, 0.4) is 0 Å². The number of piperidine rings is 3. The first-order valence-electron chi connectivity index (χ1n) is 28.5. The number of likely N-dealkylation sites (tertiary alicyclic amines) is 3. The van der Waals surface area contributed by atoms with Crippen molar-refractivity contribution < 1.29 is 37.0 Å². The lowest BCUT2D eigenvalue weighted by molar-refractivity contribution is 0.0788. The Morgan fingerprint density at radius 2 is 0.875 bits per heavy atom. The van der Waals surface area contributed by atoms with Gasteiger partial charge in [0.2, 0.25) is 0 Å². The van der Waals surface area contributed by atoms with E-state index in [1.54, 1.807) is 29.2 Å². The van der Waals surface area contributed by atoms with Gasteiger partial charge in [0.05, 0.1) is 20.3 Å². The van der Waals surface area contributed by atoms with E-state index in [1.807, 2.05) is 65.6 Å². The van der Waals surface area contributed by atoms with Crippen molar-refractivity contribution in [3.05, 3.63) is 167 Å². The normalized spacial score (nSPS) is 15.6. The average molecular weight is 1110 g/mol. The number of rotatable bonds is 18.